The quantitative estimate of drug-likeness (QED) is 0.941. The van der Waals surface area contributed by atoms with Crippen LogP contribution in [0.15, 0.2) is 46.3 Å². The first-order valence-corrected chi connectivity index (χ1v) is 6.90. The fourth-order valence-electron chi connectivity index (χ4n) is 1.57. The van der Waals surface area contributed by atoms with Crippen molar-refractivity contribution >= 4 is 33.0 Å². The third-order valence-electron chi connectivity index (χ3n) is 2.48. The molecular weight excluding hydrogens is 298 g/mol. The Morgan fingerprint density at radius 3 is 2.65 bits per heavy atom. The van der Waals surface area contributed by atoms with Crippen molar-refractivity contribution in [3.05, 3.63) is 56.7 Å². The van der Waals surface area contributed by atoms with Crippen molar-refractivity contribution in [3.8, 4) is 0 Å². The van der Waals surface area contributed by atoms with Crippen LogP contribution in [0.2, 0.25) is 0 Å². The Morgan fingerprint density at radius 1 is 1.35 bits per heavy atom. The van der Waals surface area contributed by atoms with Crippen LogP contribution in [-0.4, -0.2) is 5.78 Å². The number of carbonyl (C=O) groups is 1. The summed E-state index contributed by atoms with van der Waals surface area (Å²) in [6.07, 6.45) is 0.395. The molecule has 2 N–H and O–H groups in total. The number of halogens is 1. The Kier molecular flexibility index (Phi) is 4.10. The number of nitrogens with two attached hydrogens (primary N) is 1. The molecule has 0 saturated carbocycles. The number of Topliss-reactive ketones (excluding diaryl/α,β-unsaturated/α-hetero) is 1. The number of hydrogen-bond acceptors (Lipinski definition) is 3. The van der Waals surface area contributed by atoms with Gasteiger partial charge in [0.25, 0.3) is 0 Å². The summed E-state index contributed by atoms with van der Waals surface area (Å²) in [7, 11) is 0. The molecule has 0 spiro atoms. The van der Waals surface area contributed by atoms with Gasteiger partial charge < -0.3 is 5.73 Å². The molecule has 17 heavy (non-hydrogen) atoms. The SMILES string of the molecule is NC(C(=O)Cc1cc(Br)cs1)c1ccccc1. The van der Waals surface area contributed by atoms with E-state index >= 15 is 0 Å². The molecule has 1 aromatic carbocycles. The van der Waals surface area contributed by atoms with Crippen molar-refractivity contribution in [3.63, 3.8) is 0 Å². The van der Waals surface area contributed by atoms with Crippen LogP contribution in [-0.2, 0) is 11.2 Å². The molecular formula is C13H12BrNOS. The lowest BCUT2D eigenvalue weighted by atomic mass is 10.0. The van der Waals surface area contributed by atoms with E-state index in [4.69, 9.17) is 5.73 Å². The van der Waals surface area contributed by atoms with Crippen LogP contribution in [0.4, 0.5) is 0 Å². The maximum absolute atomic E-state index is 12.0. The molecule has 88 valence electrons. The summed E-state index contributed by atoms with van der Waals surface area (Å²) >= 11 is 4.94. The van der Waals surface area contributed by atoms with Crippen LogP contribution in [0.5, 0.6) is 0 Å². The van der Waals surface area contributed by atoms with Crippen molar-refractivity contribution in [1.82, 2.24) is 0 Å². The average molecular weight is 310 g/mol. The van der Waals surface area contributed by atoms with E-state index in [1.165, 1.54) is 0 Å². The Labute approximate surface area is 113 Å². The molecule has 0 saturated heterocycles. The molecule has 2 rings (SSSR count). The molecule has 0 amide bonds. The van der Waals surface area contributed by atoms with Gasteiger partial charge in [-0.3, -0.25) is 4.79 Å². The van der Waals surface area contributed by atoms with Crippen LogP contribution in [0.1, 0.15) is 16.5 Å². The van der Waals surface area contributed by atoms with Gasteiger partial charge in [0.05, 0.1) is 6.04 Å². The van der Waals surface area contributed by atoms with Crippen LogP contribution in [0, 0.1) is 0 Å². The second kappa shape index (κ2) is 5.58. The maximum Gasteiger partial charge on any atom is 0.159 e. The molecule has 4 heteroatoms. The lowest BCUT2D eigenvalue weighted by Gasteiger charge is -2.09. The van der Waals surface area contributed by atoms with Gasteiger partial charge in [0.1, 0.15) is 0 Å². The molecule has 0 bridgehead atoms. The molecule has 2 nitrogen and oxygen atoms in total. The molecule has 1 aromatic heterocycles. The summed E-state index contributed by atoms with van der Waals surface area (Å²) in [6, 6.07) is 10.9. The molecule has 0 radical (unpaired) electrons. The number of thiophene rings is 1. The summed E-state index contributed by atoms with van der Waals surface area (Å²) < 4.78 is 1.01. The molecule has 0 aliphatic heterocycles. The summed E-state index contributed by atoms with van der Waals surface area (Å²) in [6.45, 7) is 0. The molecule has 0 aliphatic rings. The van der Waals surface area contributed by atoms with E-state index in [1.54, 1.807) is 11.3 Å². The fraction of sp³-hybridized carbons (Fsp3) is 0.154. The standard InChI is InChI=1S/C13H12BrNOS/c14-10-6-11(17-8-10)7-12(16)13(15)9-4-2-1-3-5-9/h1-6,8,13H,7,15H2. The van der Waals surface area contributed by atoms with Crippen molar-refractivity contribution in [2.75, 3.05) is 0 Å². The highest BCUT2D eigenvalue weighted by Crippen LogP contribution is 2.22. The van der Waals surface area contributed by atoms with E-state index in [-0.39, 0.29) is 5.78 Å². The predicted molar refractivity (Wildman–Crippen MR) is 74.1 cm³/mol. The first-order valence-electron chi connectivity index (χ1n) is 5.23. The van der Waals surface area contributed by atoms with E-state index in [0.29, 0.717) is 6.42 Å². The first-order chi connectivity index (χ1) is 8.16. The van der Waals surface area contributed by atoms with Gasteiger partial charge in [-0.2, -0.15) is 0 Å². The third-order valence-corrected chi connectivity index (χ3v) is 4.17. The molecule has 1 atom stereocenters. The second-order valence-corrected chi connectivity index (χ2v) is 5.67. The van der Waals surface area contributed by atoms with Crippen LogP contribution >= 0.6 is 27.3 Å². The Bertz CT molecular complexity index is 509. The summed E-state index contributed by atoms with van der Waals surface area (Å²) in [5, 5.41) is 1.97. The van der Waals surface area contributed by atoms with Gasteiger partial charge in [0.2, 0.25) is 0 Å². The van der Waals surface area contributed by atoms with E-state index in [9.17, 15) is 4.79 Å². The van der Waals surface area contributed by atoms with Crippen molar-refractivity contribution in [2.45, 2.75) is 12.5 Å². The van der Waals surface area contributed by atoms with E-state index in [2.05, 4.69) is 15.9 Å². The zero-order valence-corrected chi connectivity index (χ0v) is 11.5. The molecule has 1 unspecified atom stereocenters. The van der Waals surface area contributed by atoms with Gasteiger partial charge in [-0.1, -0.05) is 30.3 Å². The van der Waals surface area contributed by atoms with Crippen molar-refractivity contribution < 1.29 is 4.79 Å². The van der Waals surface area contributed by atoms with E-state index in [1.807, 2.05) is 41.8 Å². The number of rotatable bonds is 4. The zero-order chi connectivity index (χ0) is 12.3. The lowest BCUT2D eigenvalue weighted by Crippen LogP contribution is -2.22. The van der Waals surface area contributed by atoms with E-state index in [0.717, 1.165) is 14.9 Å². The Balaban J connectivity index is 2.06. The Hall–Kier alpha value is -0.970. The van der Waals surface area contributed by atoms with Crippen LogP contribution in [0.3, 0.4) is 0 Å². The van der Waals surface area contributed by atoms with Crippen molar-refractivity contribution in [1.29, 1.82) is 0 Å². The number of ketones is 1. The largest absolute Gasteiger partial charge is 0.318 e. The van der Waals surface area contributed by atoms with Gasteiger partial charge in [-0.25, -0.2) is 0 Å². The number of carbonyl (C=O) groups excluding carboxylic acids is 1. The summed E-state index contributed by atoms with van der Waals surface area (Å²) in [5.41, 5.74) is 6.81. The minimum atomic E-state index is -0.530. The van der Waals surface area contributed by atoms with Gasteiger partial charge in [0.15, 0.2) is 5.78 Å². The van der Waals surface area contributed by atoms with Gasteiger partial charge in [-0.15, -0.1) is 11.3 Å². The molecule has 2 aromatic rings. The number of hydrogen-bond donors (Lipinski definition) is 1. The summed E-state index contributed by atoms with van der Waals surface area (Å²) in [4.78, 5) is 13.0. The van der Waals surface area contributed by atoms with Gasteiger partial charge >= 0.3 is 0 Å². The third kappa shape index (κ3) is 3.25. The first kappa shape index (κ1) is 12.5. The highest BCUT2D eigenvalue weighted by atomic mass is 79.9. The fourth-order valence-corrected chi connectivity index (χ4v) is 3.04. The lowest BCUT2D eigenvalue weighted by molar-refractivity contribution is -0.119. The minimum Gasteiger partial charge on any atom is -0.318 e. The molecule has 1 heterocycles. The molecule has 0 aliphatic carbocycles. The smallest absolute Gasteiger partial charge is 0.159 e. The monoisotopic (exact) mass is 309 g/mol. The Morgan fingerprint density at radius 2 is 2.06 bits per heavy atom. The average Bonchev–Trinajstić information content (AvgIpc) is 2.75. The van der Waals surface area contributed by atoms with E-state index < -0.39 is 6.04 Å². The van der Waals surface area contributed by atoms with Crippen LogP contribution in [0.25, 0.3) is 0 Å². The molecule has 0 fully saturated rings. The van der Waals surface area contributed by atoms with Gasteiger partial charge in [-0.05, 0) is 27.6 Å². The highest BCUT2D eigenvalue weighted by molar-refractivity contribution is 9.10. The maximum atomic E-state index is 12.0. The van der Waals surface area contributed by atoms with Gasteiger partial charge in [0, 0.05) is 21.2 Å². The normalized spacial score (nSPS) is 12.4. The zero-order valence-electron chi connectivity index (χ0n) is 9.10. The summed E-state index contributed by atoms with van der Waals surface area (Å²) in [5.74, 6) is 0.0468. The van der Waals surface area contributed by atoms with Crippen molar-refractivity contribution in [2.24, 2.45) is 5.73 Å². The topological polar surface area (TPSA) is 43.1 Å². The highest BCUT2D eigenvalue weighted by Gasteiger charge is 2.16. The minimum absolute atomic E-state index is 0.0468. The second-order valence-electron chi connectivity index (χ2n) is 3.76. The predicted octanol–water partition coefficient (Wildman–Crippen LogP) is 3.32. The van der Waals surface area contributed by atoms with Crippen LogP contribution < -0.4 is 5.73 Å². The number of benzene rings is 1.